The number of nitrogens with zero attached hydrogens (tertiary/aromatic N) is 4. The van der Waals surface area contributed by atoms with Gasteiger partial charge in [-0.2, -0.15) is 0 Å². The van der Waals surface area contributed by atoms with Crippen LogP contribution in [0.4, 0.5) is 0 Å². The van der Waals surface area contributed by atoms with Crippen LogP contribution < -0.4 is 0 Å². The van der Waals surface area contributed by atoms with E-state index in [0.717, 1.165) is 32.2 Å². The molecule has 0 radical (unpaired) electrons. The summed E-state index contributed by atoms with van der Waals surface area (Å²) in [5.41, 5.74) is 1.18. The minimum absolute atomic E-state index is 0.250. The largest absolute Gasteiger partial charge is 0.483 e. The van der Waals surface area contributed by atoms with Gasteiger partial charge in [-0.05, 0) is 25.9 Å². The Morgan fingerprint density at radius 1 is 1.32 bits per heavy atom. The third kappa shape index (κ3) is 12.0. The molecule has 0 aromatic carbocycles. The fourth-order valence-corrected chi connectivity index (χ4v) is 2.71. The van der Waals surface area contributed by atoms with Crippen LogP contribution in [-0.4, -0.2) is 89.9 Å². The Morgan fingerprint density at radius 3 is 2.48 bits per heavy atom. The quantitative estimate of drug-likeness (QED) is 0.664. The molecule has 0 aliphatic carbocycles. The Hall–Kier alpha value is -2.10. The van der Waals surface area contributed by atoms with Crippen molar-refractivity contribution in [2.45, 2.75) is 13.0 Å². The van der Waals surface area contributed by atoms with E-state index in [1.807, 2.05) is 12.4 Å². The Kier molecular flexibility index (Phi) is 14.1. The summed E-state index contributed by atoms with van der Waals surface area (Å²) in [6.45, 7) is 5.86. The predicted octanol–water partition coefficient (Wildman–Crippen LogP) is 0.278. The van der Waals surface area contributed by atoms with E-state index in [0.29, 0.717) is 0 Å². The van der Waals surface area contributed by atoms with Gasteiger partial charge < -0.3 is 24.7 Å². The summed E-state index contributed by atoms with van der Waals surface area (Å²) in [6, 6.07) is 0. The van der Waals surface area contributed by atoms with Gasteiger partial charge in [0.15, 0.2) is 0 Å². The molecule has 25 heavy (non-hydrogen) atoms. The van der Waals surface area contributed by atoms with Crippen LogP contribution in [0.25, 0.3) is 0 Å². The first-order valence-electron chi connectivity index (χ1n) is 7.90. The zero-order valence-corrected chi connectivity index (χ0v) is 14.8. The molecule has 0 bridgehead atoms. The van der Waals surface area contributed by atoms with Gasteiger partial charge in [0.2, 0.25) is 0 Å². The topological polar surface area (TPSA) is 116 Å². The van der Waals surface area contributed by atoms with Crippen molar-refractivity contribution in [2.75, 3.05) is 46.9 Å². The number of carboxylic acid groups (broad SMARTS) is 2. The highest BCUT2D eigenvalue weighted by molar-refractivity contribution is 5.33. The molecule has 1 aliphatic rings. The van der Waals surface area contributed by atoms with E-state index in [4.69, 9.17) is 24.5 Å². The smallest absolute Gasteiger partial charge is 0.290 e. The second-order valence-electron chi connectivity index (χ2n) is 5.60. The van der Waals surface area contributed by atoms with Gasteiger partial charge in [-0.25, -0.2) is 9.97 Å². The number of methoxy groups -OCH3 is 1. The van der Waals surface area contributed by atoms with E-state index in [1.54, 1.807) is 13.4 Å². The molecule has 0 amide bonds. The van der Waals surface area contributed by atoms with Crippen LogP contribution >= 0.6 is 0 Å². The predicted molar refractivity (Wildman–Crippen MR) is 92.2 cm³/mol. The third-order valence-electron chi connectivity index (χ3n) is 3.62. The average Bonchev–Trinajstić information content (AvgIpc) is 3.02. The van der Waals surface area contributed by atoms with Crippen molar-refractivity contribution in [1.29, 1.82) is 0 Å². The summed E-state index contributed by atoms with van der Waals surface area (Å²) in [6.07, 6.45) is 6.65. The number of aromatic nitrogens is 2. The zero-order chi connectivity index (χ0) is 18.9. The Balaban J connectivity index is 0.000000844. The Bertz CT molecular complexity index is 443. The van der Waals surface area contributed by atoms with Gasteiger partial charge in [0.1, 0.15) is 6.33 Å². The minimum Gasteiger partial charge on any atom is -0.483 e. The normalized spacial score (nSPS) is 16.4. The second-order valence-corrected chi connectivity index (χ2v) is 5.60. The summed E-state index contributed by atoms with van der Waals surface area (Å²) in [7, 11) is 3.94. The lowest BCUT2D eigenvalue weighted by molar-refractivity contribution is -0.123. The summed E-state index contributed by atoms with van der Waals surface area (Å²) < 4.78 is 5.13. The fraction of sp³-hybridized carbons (Fsp3) is 0.625. The summed E-state index contributed by atoms with van der Waals surface area (Å²) in [4.78, 5) is 29.7. The lowest BCUT2D eigenvalue weighted by atomic mass is 10.1. The van der Waals surface area contributed by atoms with Gasteiger partial charge in [-0.3, -0.25) is 9.59 Å². The average molecular weight is 356 g/mol. The lowest BCUT2D eigenvalue weighted by Gasteiger charge is -2.21. The van der Waals surface area contributed by atoms with E-state index < -0.39 is 0 Å². The molecule has 2 rings (SSSR count). The van der Waals surface area contributed by atoms with Gasteiger partial charge in [-0.15, -0.1) is 0 Å². The van der Waals surface area contributed by atoms with E-state index in [9.17, 15) is 0 Å². The molecule has 0 saturated carbocycles. The SMILES string of the molecule is COCCN1CCC(CN(C)Cc2cncnc2)C1.O=CO.O=CO. The van der Waals surface area contributed by atoms with Crippen LogP contribution in [0, 0.1) is 5.92 Å². The highest BCUT2D eigenvalue weighted by Crippen LogP contribution is 2.17. The van der Waals surface area contributed by atoms with Gasteiger partial charge in [-0.1, -0.05) is 0 Å². The van der Waals surface area contributed by atoms with Crippen molar-refractivity contribution < 1.29 is 24.5 Å². The van der Waals surface area contributed by atoms with Crippen molar-refractivity contribution in [3.8, 4) is 0 Å². The monoisotopic (exact) mass is 356 g/mol. The fourth-order valence-electron chi connectivity index (χ4n) is 2.71. The summed E-state index contributed by atoms with van der Waals surface area (Å²) >= 11 is 0. The molecule has 2 N–H and O–H groups in total. The maximum atomic E-state index is 8.36. The van der Waals surface area contributed by atoms with Crippen molar-refractivity contribution >= 4 is 12.9 Å². The third-order valence-corrected chi connectivity index (χ3v) is 3.62. The molecular formula is C16H28N4O5. The minimum atomic E-state index is -0.250. The van der Waals surface area contributed by atoms with Crippen LogP contribution in [0.2, 0.25) is 0 Å². The van der Waals surface area contributed by atoms with Crippen molar-refractivity contribution in [2.24, 2.45) is 5.92 Å². The Morgan fingerprint density at radius 2 is 1.92 bits per heavy atom. The molecular weight excluding hydrogens is 328 g/mol. The van der Waals surface area contributed by atoms with Gasteiger partial charge >= 0.3 is 0 Å². The van der Waals surface area contributed by atoms with Crippen LogP contribution in [0.1, 0.15) is 12.0 Å². The number of rotatable bonds is 7. The number of hydrogen-bond donors (Lipinski definition) is 2. The molecule has 9 nitrogen and oxygen atoms in total. The van der Waals surface area contributed by atoms with Crippen molar-refractivity contribution in [3.63, 3.8) is 0 Å². The standard InChI is InChI=1S/C14H24N4O.2CH2O2/c1-17(10-14-7-15-12-16-8-14)9-13-3-4-18(11-13)5-6-19-2;2*2-1-3/h7-8,12-13H,3-6,9-11H2,1-2H3;2*1H,(H,2,3). The molecule has 1 aromatic rings. The number of ether oxygens (including phenoxy) is 1. The molecule has 2 heterocycles. The molecule has 0 spiro atoms. The van der Waals surface area contributed by atoms with Crippen molar-refractivity contribution in [3.05, 3.63) is 24.3 Å². The van der Waals surface area contributed by atoms with E-state index in [1.165, 1.54) is 25.1 Å². The van der Waals surface area contributed by atoms with Crippen LogP contribution in [0.5, 0.6) is 0 Å². The second kappa shape index (κ2) is 15.4. The van der Waals surface area contributed by atoms with Crippen LogP contribution in [0.15, 0.2) is 18.7 Å². The maximum Gasteiger partial charge on any atom is 0.290 e. The van der Waals surface area contributed by atoms with Crippen LogP contribution in [0.3, 0.4) is 0 Å². The van der Waals surface area contributed by atoms with E-state index in [2.05, 4.69) is 26.8 Å². The molecule has 1 aliphatic heterocycles. The number of carbonyl (C=O) groups is 2. The maximum absolute atomic E-state index is 8.36. The van der Waals surface area contributed by atoms with Crippen LogP contribution in [-0.2, 0) is 20.9 Å². The number of hydrogen-bond acceptors (Lipinski definition) is 7. The lowest BCUT2D eigenvalue weighted by Crippen LogP contribution is -2.29. The molecule has 1 atom stereocenters. The summed E-state index contributed by atoms with van der Waals surface area (Å²) in [5, 5.41) is 13.8. The Labute approximate surface area is 148 Å². The molecule has 1 saturated heterocycles. The van der Waals surface area contributed by atoms with Crippen molar-refractivity contribution in [1.82, 2.24) is 19.8 Å². The summed E-state index contributed by atoms with van der Waals surface area (Å²) in [5.74, 6) is 0.770. The van der Waals surface area contributed by atoms with Gasteiger partial charge in [0.25, 0.3) is 12.9 Å². The molecule has 1 aromatic heterocycles. The zero-order valence-electron chi connectivity index (χ0n) is 14.8. The number of likely N-dealkylation sites (tertiary alicyclic amines) is 1. The van der Waals surface area contributed by atoms with E-state index in [-0.39, 0.29) is 12.9 Å². The highest BCUT2D eigenvalue weighted by Gasteiger charge is 2.23. The highest BCUT2D eigenvalue weighted by atomic mass is 16.5. The molecule has 1 unspecified atom stereocenters. The first-order valence-corrected chi connectivity index (χ1v) is 7.90. The molecule has 9 heteroatoms. The van der Waals surface area contributed by atoms with E-state index >= 15 is 0 Å². The first-order chi connectivity index (χ1) is 12.1. The first kappa shape index (κ1) is 22.9. The van der Waals surface area contributed by atoms with Gasteiger partial charge in [0.05, 0.1) is 6.61 Å². The molecule has 142 valence electrons. The van der Waals surface area contributed by atoms with Gasteiger partial charge in [0, 0.05) is 51.2 Å². The molecule has 1 fully saturated rings.